The number of rotatable bonds is 5. The van der Waals surface area contributed by atoms with E-state index in [0.717, 1.165) is 6.42 Å². The number of nitrogens with zero attached hydrogens (tertiary/aromatic N) is 1. The van der Waals surface area contributed by atoms with Crippen molar-refractivity contribution in [2.45, 2.75) is 25.2 Å². The lowest BCUT2D eigenvalue weighted by atomic mass is 10.1. The molecule has 0 aliphatic heterocycles. The first-order chi connectivity index (χ1) is 9.54. The standard InChI is InChI=1S/C13H18BrClN2O3S/c1-8(2)4-5-17(3)13(18)10-6-9(21(16,19)20)7-11(14)12(10)15/h6-8H,4-5H2,1-3H3,(H2,16,19,20). The topological polar surface area (TPSA) is 80.5 Å². The zero-order valence-corrected chi connectivity index (χ0v) is 15.2. The third-order valence-corrected chi connectivity index (χ3v) is 5.10. The van der Waals surface area contributed by atoms with Crippen molar-refractivity contribution in [3.05, 3.63) is 27.2 Å². The number of sulfonamides is 1. The average molecular weight is 398 g/mol. The maximum atomic E-state index is 12.4. The van der Waals surface area contributed by atoms with Crippen LogP contribution >= 0.6 is 27.5 Å². The largest absolute Gasteiger partial charge is 0.342 e. The zero-order valence-electron chi connectivity index (χ0n) is 12.1. The number of amides is 1. The van der Waals surface area contributed by atoms with Gasteiger partial charge in [-0.2, -0.15) is 0 Å². The van der Waals surface area contributed by atoms with Crippen molar-refractivity contribution in [3.63, 3.8) is 0 Å². The Balaban J connectivity index is 3.17. The molecule has 2 N–H and O–H groups in total. The molecule has 1 rings (SSSR count). The van der Waals surface area contributed by atoms with E-state index in [0.29, 0.717) is 16.9 Å². The van der Waals surface area contributed by atoms with Crippen LogP contribution in [0.5, 0.6) is 0 Å². The van der Waals surface area contributed by atoms with E-state index in [1.807, 2.05) is 0 Å². The Morgan fingerprint density at radius 2 is 2.00 bits per heavy atom. The summed E-state index contributed by atoms with van der Waals surface area (Å²) in [7, 11) is -2.26. The van der Waals surface area contributed by atoms with Crippen LogP contribution in [0.2, 0.25) is 5.02 Å². The monoisotopic (exact) mass is 396 g/mol. The molecular weight excluding hydrogens is 380 g/mol. The number of benzene rings is 1. The zero-order chi connectivity index (χ0) is 16.4. The molecule has 1 aromatic rings. The Hall–Kier alpha value is -0.630. The molecule has 0 heterocycles. The molecule has 5 nitrogen and oxygen atoms in total. The molecule has 21 heavy (non-hydrogen) atoms. The highest BCUT2D eigenvalue weighted by Crippen LogP contribution is 2.30. The summed E-state index contributed by atoms with van der Waals surface area (Å²) in [5, 5.41) is 5.27. The molecule has 1 aromatic carbocycles. The van der Waals surface area contributed by atoms with Gasteiger partial charge < -0.3 is 4.90 Å². The van der Waals surface area contributed by atoms with Crippen LogP contribution in [0, 0.1) is 5.92 Å². The first-order valence-electron chi connectivity index (χ1n) is 6.31. The number of nitrogens with two attached hydrogens (primary N) is 1. The summed E-state index contributed by atoms with van der Waals surface area (Å²) < 4.78 is 23.2. The predicted molar refractivity (Wildman–Crippen MR) is 86.9 cm³/mol. The molecule has 1 amide bonds. The summed E-state index contributed by atoms with van der Waals surface area (Å²) >= 11 is 9.23. The fourth-order valence-electron chi connectivity index (χ4n) is 1.64. The Morgan fingerprint density at radius 1 is 1.43 bits per heavy atom. The fraction of sp³-hybridized carbons (Fsp3) is 0.462. The van der Waals surface area contributed by atoms with Crippen molar-refractivity contribution in [3.8, 4) is 0 Å². The van der Waals surface area contributed by atoms with Gasteiger partial charge in [0.1, 0.15) is 0 Å². The van der Waals surface area contributed by atoms with E-state index in [2.05, 4.69) is 29.8 Å². The predicted octanol–water partition coefficient (Wildman–Crippen LogP) is 2.87. The molecule has 0 saturated heterocycles. The van der Waals surface area contributed by atoms with Crippen molar-refractivity contribution < 1.29 is 13.2 Å². The lowest BCUT2D eigenvalue weighted by Crippen LogP contribution is -2.29. The van der Waals surface area contributed by atoms with E-state index < -0.39 is 10.0 Å². The first kappa shape index (κ1) is 18.4. The number of hydrogen-bond acceptors (Lipinski definition) is 3. The van der Waals surface area contributed by atoms with E-state index >= 15 is 0 Å². The van der Waals surface area contributed by atoms with Gasteiger partial charge in [0.05, 0.1) is 15.5 Å². The number of carbonyl (C=O) groups is 1. The van der Waals surface area contributed by atoms with Crippen molar-refractivity contribution >= 4 is 43.5 Å². The summed E-state index contributed by atoms with van der Waals surface area (Å²) in [6, 6.07) is 2.49. The highest BCUT2D eigenvalue weighted by molar-refractivity contribution is 9.10. The van der Waals surface area contributed by atoms with Crippen LogP contribution in [0.3, 0.4) is 0 Å². The average Bonchev–Trinajstić information content (AvgIpc) is 2.36. The van der Waals surface area contributed by atoms with Crippen molar-refractivity contribution in [1.82, 2.24) is 4.90 Å². The normalized spacial score (nSPS) is 11.8. The van der Waals surface area contributed by atoms with Crippen molar-refractivity contribution in [2.24, 2.45) is 11.1 Å². The maximum Gasteiger partial charge on any atom is 0.255 e. The minimum absolute atomic E-state index is 0.112. The molecule has 0 spiro atoms. The third kappa shape index (κ3) is 4.95. The van der Waals surface area contributed by atoms with Crippen LogP contribution in [0.25, 0.3) is 0 Å². The lowest BCUT2D eigenvalue weighted by molar-refractivity contribution is 0.0789. The van der Waals surface area contributed by atoms with Gasteiger partial charge in [0.2, 0.25) is 10.0 Å². The Kier molecular flexibility index (Phi) is 6.22. The smallest absolute Gasteiger partial charge is 0.255 e. The molecule has 0 saturated carbocycles. The van der Waals surface area contributed by atoms with E-state index in [9.17, 15) is 13.2 Å². The van der Waals surface area contributed by atoms with E-state index in [-0.39, 0.29) is 21.4 Å². The molecule has 118 valence electrons. The Morgan fingerprint density at radius 3 is 2.48 bits per heavy atom. The van der Waals surface area contributed by atoms with Crippen LogP contribution in [-0.2, 0) is 10.0 Å². The van der Waals surface area contributed by atoms with Crippen LogP contribution < -0.4 is 5.14 Å². The lowest BCUT2D eigenvalue weighted by Gasteiger charge is -2.19. The molecule has 8 heteroatoms. The molecule has 0 unspecified atom stereocenters. The van der Waals surface area contributed by atoms with Crippen LogP contribution in [-0.4, -0.2) is 32.8 Å². The summed E-state index contributed by atoms with van der Waals surface area (Å²) in [4.78, 5) is 13.8. The van der Waals surface area contributed by atoms with Gasteiger partial charge in [0.25, 0.3) is 5.91 Å². The van der Waals surface area contributed by atoms with Crippen LogP contribution in [0.4, 0.5) is 0 Å². The number of primary sulfonamides is 1. The minimum atomic E-state index is -3.91. The van der Waals surface area contributed by atoms with Crippen LogP contribution in [0.1, 0.15) is 30.6 Å². The van der Waals surface area contributed by atoms with Gasteiger partial charge in [-0.1, -0.05) is 25.4 Å². The Labute approximate surface area is 138 Å². The van der Waals surface area contributed by atoms with E-state index in [1.54, 1.807) is 7.05 Å². The molecule has 0 bridgehead atoms. The molecule has 0 aromatic heterocycles. The minimum Gasteiger partial charge on any atom is -0.342 e. The highest BCUT2D eigenvalue weighted by atomic mass is 79.9. The molecule has 0 fully saturated rings. The Bertz CT molecular complexity index is 647. The summed E-state index contributed by atoms with van der Waals surface area (Å²) in [5.74, 6) is 0.116. The van der Waals surface area contributed by atoms with Gasteiger partial charge in [-0.25, -0.2) is 13.6 Å². The molecular formula is C13H18BrClN2O3S. The van der Waals surface area contributed by atoms with Gasteiger partial charge in [-0.15, -0.1) is 0 Å². The number of hydrogen-bond donors (Lipinski definition) is 1. The first-order valence-corrected chi connectivity index (χ1v) is 9.03. The second-order valence-electron chi connectivity index (χ2n) is 5.22. The molecule has 0 aliphatic carbocycles. The second kappa shape index (κ2) is 7.09. The second-order valence-corrected chi connectivity index (χ2v) is 8.01. The quantitative estimate of drug-likeness (QED) is 0.829. The summed E-state index contributed by atoms with van der Waals surface area (Å²) in [6.45, 7) is 4.68. The number of carbonyl (C=O) groups excluding carboxylic acids is 1. The van der Waals surface area contributed by atoms with Gasteiger partial charge in [-0.3, -0.25) is 4.79 Å². The highest BCUT2D eigenvalue weighted by Gasteiger charge is 2.21. The third-order valence-electron chi connectivity index (χ3n) is 2.95. The summed E-state index contributed by atoms with van der Waals surface area (Å²) in [6.07, 6.45) is 0.843. The molecule has 0 atom stereocenters. The van der Waals surface area contributed by atoms with Crippen molar-refractivity contribution in [1.29, 1.82) is 0 Å². The molecule has 0 aliphatic rings. The van der Waals surface area contributed by atoms with Gasteiger partial charge in [0, 0.05) is 18.1 Å². The van der Waals surface area contributed by atoms with Gasteiger partial charge in [-0.05, 0) is 40.4 Å². The van der Waals surface area contributed by atoms with Crippen LogP contribution in [0.15, 0.2) is 21.5 Å². The SMILES string of the molecule is CC(C)CCN(C)C(=O)c1cc(S(N)(=O)=O)cc(Br)c1Cl. The maximum absolute atomic E-state index is 12.4. The molecule has 0 radical (unpaired) electrons. The number of halogens is 2. The van der Waals surface area contributed by atoms with E-state index in [1.165, 1.54) is 17.0 Å². The fourth-order valence-corrected chi connectivity index (χ4v) is 3.01. The van der Waals surface area contributed by atoms with Gasteiger partial charge >= 0.3 is 0 Å². The van der Waals surface area contributed by atoms with E-state index in [4.69, 9.17) is 16.7 Å². The summed E-state index contributed by atoms with van der Waals surface area (Å²) in [5.41, 5.74) is 0.112. The van der Waals surface area contributed by atoms with Crippen molar-refractivity contribution in [2.75, 3.05) is 13.6 Å². The van der Waals surface area contributed by atoms with Gasteiger partial charge in [0.15, 0.2) is 0 Å².